The number of carbonyl (C=O) groups is 1. The number of piperidine rings is 1. The maximum atomic E-state index is 11.1. The van der Waals surface area contributed by atoms with Crippen LogP contribution >= 0.6 is 0 Å². The van der Waals surface area contributed by atoms with Crippen molar-refractivity contribution in [1.29, 1.82) is 0 Å². The topological polar surface area (TPSA) is 82.7 Å². The molecule has 0 saturated carbocycles. The monoisotopic (exact) mass is 261 g/mol. The molecule has 1 aliphatic heterocycles. The molecule has 19 heavy (non-hydrogen) atoms. The predicted octanol–water partition coefficient (Wildman–Crippen LogP) is 1.70. The molecule has 0 amide bonds. The Bertz CT molecular complexity index is 625. The Morgan fingerprint density at radius 1 is 1.32 bits per heavy atom. The lowest BCUT2D eigenvalue weighted by Gasteiger charge is -2.33. The van der Waals surface area contributed by atoms with Crippen molar-refractivity contribution >= 4 is 16.9 Å². The second-order valence-electron chi connectivity index (χ2n) is 4.95. The predicted molar refractivity (Wildman–Crippen MR) is 69.2 cm³/mol. The molecule has 0 radical (unpaired) electrons. The molecule has 100 valence electrons. The number of hydrogen-bond acceptors (Lipinski definition) is 4. The lowest BCUT2D eigenvalue weighted by atomic mass is 9.84. The van der Waals surface area contributed by atoms with Gasteiger partial charge >= 0.3 is 5.97 Å². The van der Waals surface area contributed by atoms with E-state index in [1.165, 1.54) is 6.26 Å². The van der Waals surface area contributed by atoms with Crippen molar-refractivity contribution in [3.05, 3.63) is 35.6 Å². The highest BCUT2D eigenvalue weighted by Crippen LogP contribution is 2.33. The number of benzene rings is 1. The summed E-state index contributed by atoms with van der Waals surface area (Å²) in [6.45, 7) is 1.51. The summed E-state index contributed by atoms with van der Waals surface area (Å²) >= 11 is 0. The molecule has 1 saturated heterocycles. The van der Waals surface area contributed by atoms with Gasteiger partial charge in [0.15, 0.2) is 0 Å². The van der Waals surface area contributed by atoms with Crippen LogP contribution in [0.15, 0.2) is 28.9 Å². The highest BCUT2D eigenvalue weighted by molar-refractivity contribution is 6.02. The van der Waals surface area contributed by atoms with Crippen molar-refractivity contribution in [3.63, 3.8) is 0 Å². The van der Waals surface area contributed by atoms with Crippen LogP contribution in [0.1, 0.15) is 28.8 Å². The Morgan fingerprint density at radius 2 is 2.05 bits per heavy atom. The van der Waals surface area contributed by atoms with Crippen molar-refractivity contribution in [1.82, 2.24) is 5.32 Å². The molecule has 0 bridgehead atoms. The number of carboxylic acid groups (broad SMARTS) is 1. The number of nitrogens with one attached hydrogen (secondary N) is 1. The highest BCUT2D eigenvalue weighted by Gasteiger charge is 2.31. The van der Waals surface area contributed by atoms with E-state index in [2.05, 4.69) is 5.32 Å². The lowest BCUT2D eigenvalue weighted by molar-refractivity contribution is 0.00604. The van der Waals surface area contributed by atoms with Crippen LogP contribution in [0, 0.1) is 0 Å². The van der Waals surface area contributed by atoms with Gasteiger partial charge in [-0.05, 0) is 43.6 Å². The fourth-order valence-corrected chi connectivity index (χ4v) is 2.61. The number of carboxylic acids is 1. The fourth-order valence-electron chi connectivity index (χ4n) is 2.61. The van der Waals surface area contributed by atoms with Crippen molar-refractivity contribution in [3.8, 4) is 0 Å². The second kappa shape index (κ2) is 4.36. The van der Waals surface area contributed by atoms with E-state index < -0.39 is 11.6 Å². The van der Waals surface area contributed by atoms with Crippen molar-refractivity contribution in [2.45, 2.75) is 18.4 Å². The van der Waals surface area contributed by atoms with Gasteiger partial charge in [-0.3, -0.25) is 0 Å². The lowest BCUT2D eigenvalue weighted by Crippen LogP contribution is -2.39. The van der Waals surface area contributed by atoms with E-state index in [1.54, 1.807) is 12.1 Å². The molecule has 0 atom stereocenters. The third kappa shape index (κ3) is 2.01. The minimum Gasteiger partial charge on any atom is -0.478 e. The summed E-state index contributed by atoms with van der Waals surface area (Å²) in [5, 5.41) is 23.5. The maximum Gasteiger partial charge on any atom is 0.339 e. The number of furan rings is 1. The number of aliphatic hydroxyl groups is 1. The van der Waals surface area contributed by atoms with E-state index in [-0.39, 0.29) is 5.56 Å². The molecule has 1 aromatic heterocycles. The van der Waals surface area contributed by atoms with Crippen LogP contribution in [0.5, 0.6) is 0 Å². The Hall–Kier alpha value is -1.85. The molecule has 3 N–H and O–H groups in total. The minimum absolute atomic E-state index is 0.134. The molecule has 1 aliphatic rings. The molecule has 2 aromatic rings. The molecular weight excluding hydrogens is 246 g/mol. The SMILES string of the molecule is O=C(O)c1coc2ccc(C3(O)CCNCC3)cc12. The highest BCUT2D eigenvalue weighted by atomic mass is 16.4. The van der Waals surface area contributed by atoms with E-state index in [4.69, 9.17) is 9.52 Å². The van der Waals surface area contributed by atoms with Gasteiger partial charge in [-0.2, -0.15) is 0 Å². The Labute approximate surface area is 109 Å². The summed E-state index contributed by atoms with van der Waals surface area (Å²) in [6, 6.07) is 5.26. The first-order chi connectivity index (χ1) is 9.10. The number of hydrogen-bond donors (Lipinski definition) is 3. The molecule has 5 nitrogen and oxygen atoms in total. The average Bonchev–Trinajstić information content (AvgIpc) is 2.82. The van der Waals surface area contributed by atoms with Gasteiger partial charge in [0.25, 0.3) is 0 Å². The van der Waals surface area contributed by atoms with Gasteiger partial charge in [0.1, 0.15) is 17.4 Å². The van der Waals surface area contributed by atoms with Gasteiger partial charge in [0.2, 0.25) is 0 Å². The van der Waals surface area contributed by atoms with Gasteiger partial charge in [-0.15, -0.1) is 0 Å². The van der Waals surface area contributed by atoms with Crippen LogP contribution in [0.3, 0.4) is 0 Å². The van der Waals surface area contributed by atoms with Crippen LogP contribution in [0.4, 0.5) is 0 Å². The first-order valence-corrected chi connectivity index (χ1v) is 6.28. The zero-order valence-electron chi connectivity index (χ0n) is 10.3. The molecule has 5 heteroatoms. The third-order valence-corrected chi connectivity index (χ3v) is 3.77. The zero-order valence-corrected chi connectivity index (χ0v) is 10.3. The van der Waals surface area contributed by atoms with E-state index in [9.17, 15) is 9.90 Å². The van der Waals surface area contributed by atoms with Crippen LogP contribution in [-0.2, 0) is 5.60 Å². The third-order valence-electron chi connectivity index (χ3n) is 3.77. The summed E-state index contributed by atoms with van der Waals surface area (Å²) < 4.78 is 5.21. The van der Waals surface area contributed by atoms with E-state index in [0.717, 1.165) is 18.7 Å². The Balaban J connectivity index is 2.09. The quantitative estimate of drug-likeness (QED) is 0.766. The number of fused-ring (bicyclic) bond motifs is 1. The summed E-state index contributed by atoms with van der Waals surface area (Å²) in [5.74, 6) is -1.02. The van der Waals surface area contributed by atoms with Crippen molar-refractivity contribution in [2.75, 3.05) is 13.1 Å². The molecule has 0 aliphatic carbocycles. The van der Waals surface area contributed by atoms with Crippen LogP contribution in [0.25, 0.3) is 11.0 Å². The zero-order chi connectivity index (χ0) is 13.5. The van der Waals surface area contributed by atoms with Gasteiger partial charge < -0.3 is 19.9 Å². The van der Waals surface area contributed by atoms with Gasteiger partial charge in [-0.1, -0.05) is 6.07 Å². The molecule has 1 aromatic carbocycles. The van der Waals surface area contributed by atoms with Crippen LogP contribution < -0.4 is 5.32 Å². The molecular formula is C14H15NO4. The fraction of sp³-hybridized carbons (Fsp3) is 0.357. The normalized spacial score (nSPS) is 18.6. The Morgan fingerprint density at radius 3 is 2.74 bits per heavy atom. The second-order valence-corrected chi connectivity index (χ2v) is 4.95. The summed E-state index contributed by atoms with van der Waals surface area (Å²) in [6.07, 6.45) is 2.49. The first-order valence-electron chi connectivity index (χ1n) is 6.28. The summed E-state index contributed by atoms with van der Waals surface area (Å²) in [4.78, 5) is 11.1. The average molecular weight is 261 g/mol. The standard InChI is InChI=1S/C14H15NO4/c16-13(17)11-8-19-12-2-1-9(7-10(11)12)14(18)3-5-15-6-4-14/h1-2,7-8,15,18H,3-6H2,(H,16,17). The van der Waals surface area contributed by atoms with E-state index >= 15 is 0 Å². The van der Waals surface area contributed by atoms with Crippen LogP contribution in [0.2, 0.25) is 0 Å². The first kappa shape index (κ1) is 12.2. The molecule has 0 spiro atoms. The van der Waals surface area contributed by atoms with Gasteiger partial charge in [0.05, 0.1) is 5.60 Å². The largest absolute Gasteiger partial charge is 0.478 e. The molecule has 1 fully saturated rings. The van der Waals surface area contributed by atoms with E-state index in [1.807, 2.05) is 6.07 Å². The summed E-state index contributed by atoms with van der Waals surface area (Å²) in [7, 11) is 0. The minimum atomic E-state index is -1.02. The number of rotatable bonds is 2. The maximum absolute atomic E-state index is 11.1. The smallest absolute Gasteiger partial charge is 0.339 e. The number of aromatic carboxylic acids is 1. The van der Waals surface area contributed by atoms with Gasteiger partial charge in [-0.25, -0.2) is 4.79 Å². The van der Waals surface area contributed by atoms with Crippen molar-refractivity contribution in [2.24, 2.45) is 0 Å². The molecule has 0 unspecified atom stereocenters. The molecule has 3 rings (SSSR count). The van der Waals surface area contributed by atoms with Gasteiger partial charge in [0, 0.05) is 5.39 Å². The Kier molecular flexibility index (Phi) is 2.80. The van der Waals surface area contributed by atoms with Crippen molar-refractivity contribution < 1.29 is 19.4 Å². The van der Waals surface area contributed by atoms with E-state index in [0.29, 0.717) is 23.8 Å². The summed E-state index contributed by atoms with van der Waals surface area (Å²) in [5.41, 5.74) is 0.533. The molecule has 2 heterocycles. The van der Waals surface area contributed by atoms with Crippen LogP contribution in [-0.4, -0.2) is 29.3 Å².